The summed E-state index contributed by atoms with van der Waals surface area (Å²) in [6.45, 7) is 9.07. The van der Waals surface area contributed by atoms with Gasteiger partial charge in [-0.05, 0) is 25.2 Å². The first-order chi connectivity index (χ1) is 30.9. The Kier molecular flexibility index (Phi) is 50.1. The second-order valence-corrected chi connectivity index (χ2v) is 19.8. The third kappa shape index (κ3) is 49.7. The average Bonchev–Trinajstić information content (AvgIpc) is 3.28. The van der Waals surface area contributed by atoms with Gasteiger partial charge in [-0.25, -0.2) is 0 Å². The largest absolute Gasteiger partial charge is 0.462 e. The molecule has 0 amide bonds. The van der Waals surface area contributed by atoms with E-state index in [0.717, 1.165) is 63.7 Å². The van der Waals surface area contributed by atoms with E-state index in [1.54, 1.807) is 0 Å². The minimum atomic E-state index is -0.761. The van der Waals surface area contributed by atoms with Crippen molar-refractivity contribution in [3.05, 3.63) is 0 Å². The Bertz CT molecular complexity index is 951. The zero-order valence-corrected chi connectivity index (χ0v) is 43.0. The minimum absolute atomic E-state index is 0.0623. The van der Waals surface area contributed by atoms with Crippen molar-refractivity contribution in [3.8, 4) is 0 Å². The molecular weight excluding hydrogens is 781 g/mol. The predicted octanol–water partition coefficient (Wildman–Crippen LogP) is 18.6. The van der Waals surface area contributed by atoms with Gasteiger partial charge in [0.05, 0.1) is 0 Å². The van der Waals surface area contributed by atoms with Gasteiger partial charge in [-0.3, -0.25) is 14.4 Å². The van der Waals surface area contributed by atoms with Crippen molar-refractivity contribution in [1.29, 1.82) is 0 Å². The van der Waals surface area contributed by atoms with Crippen molar-refractivity contribution in [3.63, 3.8) is 0 Å². The van der Waals surface area contributed by atoms with Gasteiger partial charge in [0.15, 0.2) is 6.10 Å². The highest BCUT2D eigenvalue weighted by atomic mass is 16.6. The molecule has 0 bridgehead atoms. The molecule has 0 fully saturated rings. The molecule has 0 aliphatic heterocycles. The summed E-state index contributed by atoms with van der Waals surface area (Å²) in [5.41, 5.74) is 0. The zero-order valence-electron chi connectivity index (χ0n) is 43.0. The van der Waals surface area contributed by atoms with Crippen LogP contribution in [-0.2, 0) is 28.6 Å². The van der Waals surface area contributed by atoms with Gasteiger partial charge in [-0.15, -0.1) is 0 Å². The van der Waals surface area contributed by atoms with E-state index in [1.165, 1.54) is 218 Å². The van der Waals surface area contributed by atoms with Gasteiger partial charge < -0.3 is 14.2 Å². The van der Waals surface area contributed by atoms with E-state index >= 15 is 0 Å². The van der Waals surface area contributed by atoms with Gasteiger partial charge in [0, 0.05) is 19.3 Å². The zero-order chi connectivity index (χ0) is 45.9. The minimum Gasteiger partial charge on any atom is -0.462 e. The molecule has 0 heterocycles. The molecule has 0 N–H and O–H groups in total. The Labute approximate surface area is 393 Å². The third-order valence-electron chi connectivity index (χ3n) is 13.4. The SMILES string of the molecule is CCCCCCCCCCCCCCCCCCCCCC(=O)OC[C@H](COC(=O)CCCCCCCCCCCCCC)OC(=O)CCCCCCCCCCCCC(C)CC. The first kappa shape index (κ1) is 61.4. The fraction of sp³-hybridized carbons (Fsp3) is 0.947. The van der Waals surface area contributed by atoms with Gasteiger partial charge in [0.2, 0.25) is 0 Å². The molecule has 0 aliphatic carbocycles. The van der Waals surface area contributed by atoms with E-state index < -0.39 is 6.10 Å². The molecule has 374 valence electrons. The van der Waals surface area contributed by atoms with E-state index in [4.69, 9.17) is 14.2 Å². The van der Waals surface area contributed by atoms with Gasteiger partial charge in [-0.2, -0.15) is 0 Å². The van der Waals surface area contributed by atoms with Crippen molar-refractivity contribution in [2.24, 2.45) is 5.92 Å². The number of rotatable bonds is 52. The van der Waals surface area contributed by atoms with E-state index in [2.05, 4.69) is 27.7 Å². The number of unbranched alkanes of at least 4 members (excludes halogenated alkanes) is 38. The number of hydrogen-bond donors (Lipinski definition) is 0. The number of esters is 3. The van der Waals surface area contributed by atoms with Crippen molar-refractivity contribution < 1.29 is 28.6 Å². The van der Waals surface area contributed by atoms with Gasteiger partial charge in [0.25, 0.3) is 0 Å². The van der Waals surface area contributed by atoms with Crippen LogP contribution in [0, 0.1) is 5.92 Å². The summed E-state index contributed by atoms with van der Waals surface area (Å²) in [6.07, 6.45) is 55.1. The average molecular weight is 892 g/mol. The first-order valence-electron chi connectivity index (χ1n) is 28.4. The lowest BCUT2D eigenvalue weighted by Gasteiger charge is -2.18. The van der Waals surface area contributed by atoms with Crippen LogP contribution < -0.4 is 0 Å². The molecular formula is C57H110O6. The Balaban J connectivity index is 4.26. The van der Waals surface area contributed by atoms with Gasteiger partial charge >= 0.3 is 17.9 Å². The molecule has 0 aromatic heterocycles. The lowest BCUT2D eigenvalue weighted by atomic mass is 9.99. The van der Waals surface area contributed by atoms with Gasteiger partial charge in [-0.1, -0.05) is 285 Å². The summed E-state index contributed by atoms with van der Waals surface area (Å²) >= 11 is 0. The van der Waals surface area contributed by atoms with Crippen LogP contribution in [0.4, 0.5) is 0 Å². The molecule has 0 saturated heterocycles. The van der Waals surface area contributed by atoms with Crippen molar-refractivity contribution in [2.45, 2.75) is 329 Å². The summed E-state index contributed by atoms with van der Waals surface area (Å²) in [6, 6.07) is 0. The Morgan fingerprint density at radius 1 is 0.317 bits per heavy atom. The molecule has 6 heteroatoms. The number of hydrogen-bond acceptors (Lipinski definition) is 6. The monoisotopic (exact) mass is 891 g/mol. The molecule has 0 aromatic carbocycles. The second kappa shape index (κ2) is 51.4. The summed E-state index contributed by atoms with van der Waals surface area (Å²) in [7, 11) is 0. The number of ether oxygens (including phenoxy) is 3. The summed E-state index contributed by atoms with van der Waals surface area (Å²) < 4.78 is 16.9. The molecule has 0 radical (unpaired) electrons. The van der Waals surface area contributed by atoms with Crippen LogP contribution in [-0.4, -0.2) is 37.2 Å². The standard InChI is InChI=1S/C57H110O6/c1-5-8-10-12-14-16-18-20-21-22-23-24-25-26-28-33-37-41-45-49-56(59)62-52-54(51-61-55(58)48-44-40-36-32-27-19-17-15-13-11-9-6-2)63-57(60)50-46-42-38-34-30-29-31-35-39-43-47-53(4)7-3/h53-54H,5-52H2,1-4H3/t53?,54-/m0/s1. The van der Waals surface area contributed by atoms with Crippen LogP contribution in [0.1, 0.15) is 323 Å². The molecule has 1 unspecified atom stereocenters. The molecule has 6 nitrogen and oxygen atoms in total. The molecule has 63 heavy (non-hydrogen) atoms. The molecule has 2 atom stereocenters. The van der Waals surface area contributed by atoms with E-state index in [9.17, 15) is 14.4 Å². The normalized spacial score (nSPS) is 12.4. The fourth-order valence-corrected chi connectivity index (χ4v) is 8.72. The Morgan fingerprint density at radius 2 is 0.556 bits per heavy atom. The van der Waals surface area contributed by atoms with E-state index in [-0.39, 0.29) is 31.1 Å². The quantitative estimate of drug-likeness (QED) is 0.0344. The maximum Gasteiger partial charge on any atom is 0.306 e. The predicted molar refractivity (Wildman–Crippen MR) is 270 cm³/mol. The van der Waals surface area contributed by atoms with Crippen molar-refractivity contribution >= 4 is 17.9 Å². The Morgan fingerprint density at radius 3 is 0.825 bits per heavy atom. The van der Waals surface area contributed by atoms with Crippen LogP contribution in [0.25, 0.3) is 0 Å². The summed E-state index contributed by atoms with van der Waals surface area (Å²) in [5.74, 6) is 0.0286. The van der Waals surface area contributed by atoms with Crippen LogP contribution in [0.5, 0.6) is 0 Å². The lowest BCUT2D eigenvalue weighted by Crippen LogP contribution is -2.30. The Hall–Kier alpha value is -1.59. The first-order valence-corrected chi connectivity index (χ1v) is 28.4. The highest BCUT2D eigenvalue weighted by molar-refractivity contribution is 5.71. The smallest absolute Gasteiger partial charge is 0.306 e. The van der Waals surface area contributed by atoms with Crippen molar-refractivity contribution in [1.82, 2.24) is 0 Å². The molecule has 0 spiro atoms. The molecule has 0 rings (SSSR count). The topological polar surface area (TPSA) is 78.9 Å². The van der Waals surface area contributed by atoms with Crippen LogP contribution in [0.15, 0.2) is 0 Å². The fourth-order valence-electron chi connectivity index (χ4n) is 8.72. The summed E-state index contributed by atoms with van der Waals surface area (Å²) in [4.78, 5) is 38.1. The number of carbonyl (C=O) groups is 3. The maximum absolute atomic E-state index is 12.8. The highest BCUT2D eigenvalue weighted by Gasteiger charge is 2.19. The molecule has 0 saturated carbocycles. The number of carbonyl (C=O) groups excluding carboxylic acids is 3. The molecule has 0 aliphatic rings. The van der Waals surface area contributed by atoms with Crippen LogP contribution in [0.2, 0.25) is 0 Å². The van der Waals surface area contributed by atoms with Gasteiger partial charge in [0.1, 0.15) is 13.2 Å². The third-order valence-corrected chi connectivity index (χ3v) is 13.4. The van der Waals surface area contributed by atoms with Crippen LogP contribution >= 0.6 is 0 Å². The van der Waals surface area contributed by atoms with E-state index in [0.29, 0.717) is 19.3 Å². The second-order valence-electron chi connectivity index (χ2n) is 19.8. The molecule has 0 aromatic rings. The van der Waals surface area contributed by atoms with Crippen molar-refractivity contribution in [2.75, 3.05) is 13.2 Å². The van der Waals surface area contributed by atoms with Crippen LogP contribution in [0.3, 0.4) is 0 Å². The highest BCUT2D eigenvalue weighted by Crippen LogP contribution is 2.18. The maximum atomic E-state index is 12.8. The van der Waals surface area contributed by atoms with E-state index in [1.807, 2.05) is 0 Å². The lowest BCUT2D eigenvalue weighted by molar-refractivity contribution is -0.167. The summed E-state index contributed by atoms with van der Waals surface area (Å²) in [5, 5.41) is 0.